The van der Waals surface area contributed by atoms with Gasteiger partial charge in [0.05, 0.1) is 25.0 Å². The highest BCUT2D eigenvalue weighted by Gasteiger charge is 2.54. The molecule has 4 unspecified atom stereocenters. The molecule has 0 aromatic carbocycles. The summed E-state index contributed by atoms with van der Waals surface area (Å²) in [7, 11) is -5.20. The minimum Gasteiger partial charge on any atom is -0.353 e. The van der Waals surface area contributed by atoms with Gasteiger partial charge in [0, 0.05) is 18.2 Å². The molecule has 0 aliphatic carbocycles. The highest BCUT2D eigenvalue weighted by molar-refractivity contribution is 7.54. The number of halogens is 2. The van der Waals surface area contributed by atoms with Crippen molar-refractivity contribution in [2.75, 3.05) is 6.61 Å². The van der Waals surface area contributed by atoms with Crippen LogP contribution < -0.4 is 11.2 Å². The molecule has 11 heteroatoms. The molecule has 2 N–H and O–H groups in total. The number of aromatic nitrogens is 2. The Bertz CT molecular complexity index is 874. The largest absolute Gasteiger partial charge is 0.397 e. The molecule has 26 heavy (non-hydrogen) atoms. The number of nitrogens with one attached hydrogen (secondary N) is 1. The standard InChI is InChI=1S/C15H19F2N2O6P/c1-4-10-6-12(19-8-9(3)13(20)18-14(19)21)25-11(10)7-15(16,17)26(22,23)24-5-2/h1,8,10-12H,5-7H2,2-3H3,(H,22,23)(H,18,20,21). The van der Waals surface area contributed by atoms with Crippen LogP contribution in [0.1, 0.15) is 31.6 Å². The molecule has 4 atom stereocenters. The lowest BCUT2D eigenvalue weighted by atomic mass is 9.99. The monoisotopic (exact) mass is 392 g/mol. The Labute approximate surface area is 147 Å². The van der Waals surface area contributed by atoms with Crippen LogP contribution in [0.4, 0.5) is 8.78 Å². The van der Waals surface area contributed by atoms with Crippen LogP contribution >= 0.6 is 7.60 Å². The molecule has 1 saturated heterocycles. The van der Waals surface area contributed by atoms with Crippen molar-refractivity contribution in [2.24, 2.45) is 5.92 Å². The fourth-order valence-corrected chi connectivity index (χ4v) is 3.64. The fourth-order valence-electron chi connectivity index (χ4n) is 2.69. The normalized spacial score (nSPS) is 25.6. The van der Waals surface area contributed by atoms with Crippen LogP contribution in [0.25, 0.3) is 0 Å². The van der Waals surface area contributed by atoms with Crippen molar-refractivity contribution in [1.29, 1.82) is 0 Å². The van der Waals surface area contributed by atoms with E-state index in [9.17, 15) is 27.8 Å². The first kappa shape index (κ1) is 20.5. The maximum atomic E-state index is 14.2. The van der Waals surface area contributed by atoms with E-state index in [-0.39, 0.29) is 18.6 Å². The van der Waals surface area contributed by atoms with E-state index in [4.69, 9.17) is 11.2 Å². The van der Waals surface area contributed by atoms with Crippen molar-refractivity contribution < 1.29 is 27.5 Å². The summed E-state index contributed by atoms with van der Waals surface area (Å²) >= 11 is 0. The molecular weight excluding hydrogens is 373 g/mol. The van der Waals surface area contributed by atoms with E-state index < -0.39 is 49.2 Å². The quantitative estimate of drug-likeness (QED) is 0.562. The van der Waals surface area contributed by atoms with Gasteiger partial charge in [-0.25, -0.2) is 4.79 Å². The number of H-pyrrole nitrogens is 1. The molecule has 1 aromatic heterocycles. The van der Waals surface area contributed by atoms with Gasteiger partial charge in [-0.05, 0) is 13.8 Å². The molecule has 0 amide bonds. The Morgan fingerprint density at radius 3 is 2.81 bits per heavy atom. The second kappa shape index (κ2) is 7.45. The number of aromatic amines is 1. The van der Waals surface area contributed by atoms with Crippen LogP contribution in [0.3, 0.4) is 0 Å². The zero-order valence-electron chi connectivity index (χ0n) is 14.1. The zero-order valence-corrected chi connectivity index (χ0v) is 15.0. The summed E-state index contributed by atoms with van der Waals surface area (Å²) in [5.41, 5.74) is -5.17. The van der Waals surface area contributed by atoms with Gasteiger partial charge in [-0.2, -0.15) is 8.78 Å². The molecule has 0 saturated carbocycles. The van der Waals surface area contributed by atoms with Gasteiger partial charge in [0.1, 0.15) is 6.23 Å². The second-order valence-corrected chi connectivity index (χ2v) is 7.88. The molecule has 144 valence electrons. The molecule has 2 heterocycles. The van der Waals surface area contributed by atoms with Crippen molar-refractivity contribution in [2.45, 2.75) is 44.7 Å². The summed E-state index contributed by atoms with van der Waals surface area (Å²) in [5, 5.41) is 0. The van der Waals surface area contributed by atoms with Crippen LogP contribution in [-0.4, -0.2) is 32.8 Å². The van der Waals surface area contributed by atoms with E-state index in [1.807, 2.05) is 0 Å². The summed E-state index contributed by atoms with van der Waals surface area (Å²) in [5.74, 6) is 1.49. The minimum absolute atomic E-state index is 0.0347. The molecule has 1 aliphatic rings. The van der Waals surface area contributed by atoms with Crippen molar-refractivity contribution >= 4 is 7.60 Å². The topological polar surface area (TPSA) is 111 Å². The minimum atomic E-state index is -5.20. The predicted molar refractivity (Wildman–Crippen MR) is 87.9 cm³/mol. The summed E-state index contributed by atoms with van der Waals surface area (Å²) < 4.78 is 50.8. The van der Waals surface area contributed by atoms with E-state index in [1.54, 1.807) is 0 Å². The van der Waals surface area contributed by atoms with Crippen LogP contribution in [0.15, 0.2) is 15.8 Å². The lowest BCUT2D eigenvalue weighted by Gasteiger charge is -2.25. The number of ether oxygens (including phenoxy) is 1. The van der Waals surface area contributed by atoms with Crippen LogP contribution in [0.2, 0.25) is 0 Å². The Hall–Kier alpha value is -1.79. The predicted octanol–water partition coefficient (Wildman–Crippen LogP) is 1.59. The highest BCUT2D eigenvalue weighted by Crippen LogP contribution is 2.60. The number of aryl methyl sites for hydroxylation is 1. The van der Waals surface area contributed by atoms with Gasteiger partial charge in [0.15, 0.2) is 0 Å². The number of hydrogen-bond donors (Lipinski definition) is 2. The maximum absolute atomic E-state index is 14.2. The molecule has 2 rings (SSSR count). The van der Waals surface area contributed by atoms with Gasteiger partial charge in [0.25, 0.3) is 5.56 Å². The van der Waals surface area contributed by atoms with E-state index in [0.717, 1.165) is 4.57 Å². The van der Waals surface area contributed by atoms with E-state index in [0.29, 0.717) is 0 Å². The first-order valence-corrected chi connectivity index (χ1v) is 9.39. The number of alkyl halides is 2. The van der Waals surface area contributed by atoms with Crippen molar-refractivity contribution in [3.63, 3.8) is 0 Å². The van der Waals surface area contributed by atoms with Crippen LogP contribution in [-0.2, 0) is 13.8 Å². The SMILES string of the molecule is C#CC1CC(n2cc(C)c(=O)[nH]c2=O)OC1CC(F)(F)P(=O)(O)OCC. The third-order valence-electron chi connectivity index (χ3n) is 4.07. The van der Waals surface area contributed by atoms with Gasteiger partial charge in [-0.1, -0.05) is 0 Å². The number of hydrogen-bond acceptors (Lipinski definition) is 5. The molecule has 0 radical (unpaired) electrons. The van der Waals surface area contributed by atoms with Crippen LogP contribution in [0, 0.1) is 25.2 Å². The van der Waals surface area contributed by atoms with Crippen molar-refractivity contribution in [3.05, 3.63) is 32.6 Å². The van der Waals surface area contributed by atoms with Gasteiger partial charge < -0.3 is 14.2 Å². The fraction of sp³-hybridized carbons (Fsp3) is 0.600. The van der Waals surface area contributed by atoms with Crippen LogP contribution in [0.5, 0.6) is 0 Å². The Kier molecular flexibility index (Phi) is 5.88. The lowest BCUT2D eigenvalue weighted by Crippen LogP contribution is -2.33. The molecule has 1 aliphatic heterocycles. The van der Waals surface area contributed by atoms with E-state index >= 15 is 0 Å². The summed E-state index contributed by atoms with van der Waals surface area (Å²) in [6, 6.07) is 0. The first-order chi connectivity index (χ1) is 12.0. The van der Waals surface area contributed by atoms with E-state index in [2.05, 4.69) is 15.4 Å². The molecule has 0 spiro atoms. The van der Waals surface area contributed by atoms with Gasteiger partial charge in [0.2, 0.25) is 0 Å². The molecule has 1 aromatic rings. The Balaban J connectivity index is 2.26. The molecule has 8 nitrogen and oxygen atoms in total. The Morgan fingerprint density at radius 1 is 1.58 bits per heavy atom. The van der Waals surface area contributed by atoms with Crippen molar-refractivity contribution in [1.82, 2.24) is 9.55 Å². The van der Waals surface area contributed by atoms with Gasteiger partial charge >= 0.3 is 18.9 Å². The average Bonchev–Trinajstić information content (AvgIpc) is 2.92. The molecule has 1 fully saturated rings. The van der Waals surface area contributed by atoms with E-state index in [1.165, 1.54) is 20.0 Å². The maximum Gasteiger partial charge on any atom is 0.397 e. The lowest BCUT2D eigenvalue weighted by molar-refractivity contribution is -0.0542. The number of nitrogens with zero attached hydrogens (tertiary/aromatic N) is 1. The third-order valence-corrected chi connectivity index (χ3v) is 5.69. The van der Waals surface area contributed by atoms with Gasteiger partial charge in [-0.15, -0.1) is 12.3 Å². The zero-order chi connectivity index (χ0) is 19.7. The van der Waals surface area contributed by atoms with Crippen molar-refractivity contribution in [3.8, 4) is 12.3 Å². The Morgan fingerprint density at radius 2 is 2.23 bits per heavy atom. The van der Waals surface area contributed by atoms with Gasteiger partial charge in [-0.3, -0.25) is 18.9 Å². The second-order valence-electron chi connectivity index (χ2n) is 5.92. The average molecular weight is 392 g/mol. The highest BCUT2D eigenvalue weighted by atomic mass is 31.2. The number of rotatable bonds is 6. The molecule has 0 bridgehead atoms. The third kappa shape index (κ3) is 3.96. The summed E-state index contributed by atoms with van der Waals surface area (Å²) in [6.45, 7) is 2.43. The number of terminal acetylenes is 1. The first-order valence-electron chi connectivity index (χ1n) is 7.81. The summed E-state index contributed by atoms with van der Waals surface area (Å²) in [6.07, 6.45) is 3.26. The molecular formula is C15H19F2N2O6P. The smallest absolute Gasteiger partial charge is 0.353 e. The summed E-state index contributed by atoms with van der Waals surface area (Å²) in [4.78, 5) is 34.9.